The highest BCUT2D eigenvalue weighted by molar-refractivity contribution is 5.86. The van der Waals surface area contributed by atoms with Crippen LogP contribution in [0.3, 0.4) is 0 Å². The number of aryl methyl sites for hydroxylation is 1. The van der Waals surface area contributed by atoms with Gasteiger partial charge in [-0.2, -0.15) is 0 Å². The lowest BCUT2D eigenvalue weighted by molar-refractivity contribution is 0.624. The van der Waals surface area contributed by atoms with Crippen molar-refractivity contribution in [3.05, 3.63) is 29.8 Å². The van der Waals surface area contributed by atoms with Gasteiger partial charge in [-0.3, -0.25) is 4.98 Å². The number of nitrogens with two attached hydrogens (primary N) is 1. The second-order valence-corrected chi connectivity index (χ2v) is 2.87. The monoisotopic (exact) mass is 177 g/mol. The lowest BCUT2D eigenvalue weighted by Gasteiger charge is -2.01. The van der Waals surface area contributed by atoms with E-state index in [4.69, 9.17) is 5.73 Å². The summed E-state index contributed by atoms with van der Waals surface area (Å²) in [7, 11) is 0. The van der Waals surface area contributed by atoms with Gasteiger partial charge in [-0.15, -0.1) is 0 Å². The number of nitrogens with zero attached hydrogens (tertiary/aromatic N) is 2. The lowest BCUT2D eigenvalue weighted by Crippen LogP contribution is -1.94. The van der Waals surface area contributed by atoms with E-state index >= 15 is 0 Å². The summed E-state index contributed by atoms with van der Waals surface area (Å²) in [5.74, 6) is -0.398. The van der Waals surface area contributed by atoms with Crippen LogP contribution in [0.25, 0.3) is 11.0 Å². The average molecular weight is 177 g/mol. The quantitative estimate of drug-likeness (QED) is 0.665. The first kappa shape index (κ1) is 7.91. The van der Waals surface area contributed by atoms with E-state index in [1.54, 1.807) is 13.0 Å². The number of aromatic nitrogens is 2. The van der Waals surface area contributed by atoms with Crippen molar-refractivity contribution in [1.29, 1.82) is 0 Å². The number of halogens is 1. The van der Waals surface area contributed by atoms with Gasteiger partial charge in [-0.05, 0) is 13.0 Å². The molecule has 0 bridgehead atoms. The summed E-state index contributed by atoms with van der Waals surface area (Å²) in [4.78, 5) is 7.97. The van der Waals surface area contributed by atoms with Gasteiger partial charge in [0, 0.05) is 11.8 Å². The summed E-state index contributed by atoms with van der Waals surface area (Å²) in [5.41, 5.74) is 8.02. The van der Waals surface area contributed by atoms with E-state index in [1.165, 1.54) is 6.07 Å². The average Bonchev–Trinajstić information content (AvgIpc) is 2.02. The third-order valence-electron chi connectivity index (χ3n) is 1.77. The molecule has 0 spiro atoms. The molecule has 3 nitrogen and oxygen atoms in total. The Morgan fingerprint density at radius 3 is 2.92 bits per heavy atom. The van der Waals surface area contributed by atoms with Crippen molar-refractivity contribution < 1.29 is 4.39 Å². The smallest absolute Gasteiger partial charge is 0.143 e. The second-order valence-electron chi connectivity index (χ2n) is 2.87. The zero-order chi connectivity index (χ0) is 9.42. The highest BCUT2D eigenvalue weighted by Gasteiger charge is 2.02. The van der Waals surface area contributed by atoms with Gasteiger partial charge in [-0.25, -0.2) is 9.37 Å². The maximum Gasteiger partial charge on any atom is 0.143 e. The molecule has 2 aromatic heterocycles. The van der Waals surface area contributed by atoms with E-state index in [1.807, 2.05) is 0 Å². The van der Waals surface area contributed by atoms with Crippen LogP contribution < -0.4 is 5.73 Å². The van der Waals surface area contributed by atoms with Crippen LogP contribution in [-0.2, 0) is 0 Å². The molecule has 66 valence electrons. The molecular weight excluding hydrogens is 169 g/mol. The number of anilines is 1. The molecule has 0 aliphatic carbocycles. The first-order chi connectivity index (χ1) is 6.16. The molecule has 0 fully saturated rings. The van der Waals surface area contributed by atoms with Crippen LogP contribution in [0.2, 0.25) is 0 Å². The van der Waals surface area contributed by atoms with E-state index < -0.39 is 5.82 Å². The molecule has 2 N–H and O–H groups in total. The second kappa shape index (κ2) is 2.65. The molecule has 4 heteroatoms. The Labute approximate surface area is 74.4 Å². The largest absolute Gasteiger partial charge is 0.397 e. The Balaban J connectivity index is 2.86. The number of hydrogen-bond donors (Lipinski definition) is 1. The van der Waals surface area contributed by atoms with E-state index in [0.29, 0.717) is 16.7 Å². The van der Waals surface area contributed by atoms with Crippen molar-refractivity contribution in [2.24, 2.45) is 0 Å². The normalized spacial score (nSPS) is 10.6. The van der Waals surface area contributed by atoms with Crippen molar-refractivity contribution >= 4 is 16.7 Å². The van der Waals surface area contributed by atoms with Gasteiger partial charge in [0.1, 0.15) is 11.3 Å². The van der Waals surface area contributed by atoms with Crippen molar-refractivity contribution in [3.8, 4) is 0 Å². The molecule has 2 rings (SSSR count). The third kappa shape index (κ3) is 1.30. The molecule has 0 atom stereocenters. The highest BCUT2D eigenvalue weighted by atomic mass is 19.1. The van der Waals surface area contributed by atoms with Crippen molar-refractivity contribution in [1.82, 2.24) is 9.97 Å². The number of nitrogen functional groups attached to an aromatic ring is 1. The van der Waals surface area contributed by atoms with Gasteiger partial charge in [-0.1, -0.05) is 0 Å². The van der Waals surface area contributed by atoms with Gasteiger partial charge in [0.05, 0.1) is 17.4 Å². The standard InChI is InChI=1S/C9H8FN3/c1-5-2-7(11)9-8(13-5)3-6(10)4-12-9/h2-4H,1H3,(H2,11,13). The van der Waals surface area contributed by atoms with Crippen LogP contribution >= 0.6 is 0 Å². The number of fused-ring (bicyclic) bond motifs is 1. The number of pyridine rings is 2. The van der Waals surface area contributed by atoms with Crippen LogP contribution in [-0.4, -0.2) is 9.97 Å². The van der Waals surface area contributed by atoms with E-state index in [0.717, 1.165) is 11.9 Å². The van der Waals surface area contributed by atoms with Crippen molar-refractivity contribution in [2.75, 3.05) is 5.73 Å². The van der Waals surface area contributed by atoms with E-state index in [-0.39, 0.29) is 0 Å². The molecule has 0 aliphatic rings. The number of hydrogen-bond acceptors (Lipinski definition) is 3. The third-order valence-corrected chi connectivity index (χ3v) is 1.77. The summed E-state index contributed by atoms with van der Waals surface area (Å²) >= 11 is 0. The summed E-state index contributed by atoms with van der Waals surface area (Å²) in [6, 6.07) is 3.04. The molecule has 0 radical (unpaired) electrons. The minimum Gasteiger partial charge on any atom is -0.397 e. The fourth-order valence-electron chi connectivity index (χ4n) is 1.25. The highest BCUT2D eigenvalue weighted by Crippen LogP contribution is 2.17. The summed E-state index contributed by atoms with van der Waals surface area (Å²) in [5, 5.41) is 0. The van der Waals surface area contributed by atoms with Crippen LogP contribution in [0, 0.1) is 12.7 Å². The molecule has 0 unspecified atom stereocenters. The maximum atomic E-state index is 12.8. The molecule has 2 heterocycles. The van der Waals surface area contributed by atoms with Crippen LogP contribution in [0.4, 0.5) is 10.1 Å². The minimum atomic E-state index is -0.398. The van der Waals surface area contributed by atoms with E-state index in [2.05, 4.69) is 9.97 Å². The molecule has 0 saturated heterocycles. The first-order valence-electron chi connectivity index (χ1n) is 3.85. The Kier molecular flexibility index (Phi) is 1.62. The fourth-order valence-corrected chi connectivity index (χ4v) is 1.25. The predicted molar refractivity (Wildman–Crippen MR) is 48.6 cm³/mol. The van der Waals surface area contributed by atoms with Gasteiger partial charge < -0.3 is 5.73 Å². The molecule has 0 aliphatic heterocycles. The van der Waals surface area contributed by atoms with Crippen LogP contribution in [0.1, 0.15) is 5.69 Å². The Hall–Kier alpha value is -1.71. The Morgan fingerprint density at radius 1 is 1.38 bits per heavy atom. The molecule has 13 heavy (non-hydrogen) atoms. The SMILES string of the molecule is Cc1cc(N)c2ncc(F)cc2n1. The maximum absolute atomic E-state index is 12.8. The van der Waals surface area contributed by atoms with Gasteiger partial charge in [0.2, 0.25) is 0 Å². The Morgan fingerprint density at radius 2 is 2.15 bits per heavy atom. The van der Waals surface area contributed by atoms with Crippen molar-refractivity contribution in [2.45, 2.75) is 6.92 Å². The van der Waals surface area contributed by atoms with Gasteiger partial charge >= 0.3 is 0 Å². The first-order valence-corrected chi connectivity index (χ1v) is 3.85. The molecular formula is C9H8FN3. The molecule has 2 aromatic rings. The van der Waals surface area contributed by atoms with Crippen LogP contribution in [0.15, 0.2) is 18.3 Å². The molecule has 0 aromatic carbocycles. The fraction of sp³-hybridized carbons (Fsp3) is 0.111. The zero-order valence-corrected chi connectivity index (χ0v) is 7.08. The zero-order valence-electron chi connectivity index (χ0n) is 7.08. The minimum absolute atomic E-state index is 0.398. The van der Waals surface area contributed by atoms with Crippen molar-refractivity contribution in [3.63, 3.8) is 0 Å². The number of rotatable bonds is 0. The molecule has 0 saturated carbocycles. The molecule has 0 amide bonds. The van der Waals surface area contributed by atoms with Gasteiger partial charge in [0.25, 0.3) is 0 Å². The summed E-state index contributed by atoms with van der Waals surface area (Å²) < 4.78 is 12.8. The predicted octanol–water partition coefficient (Wildman–Crippen LogP) is 1.66. The summed E-state index contributed by atoms with van der Waals surface area (Å²) in [6.07, 6.45) is 1.13. The topological polar surface area (TPSA) is 51.8 Å². The lowest BCUT2D eigenvalue weighted by atomic mass is 10.2. The van der Waals surface area contributed by atoms with Gasteiger partial charge in [0.15, 0.2) is 0 Å². The van der Waals surface area contributed by atoms with E-state index in [9.17, 15) is 4.39 Å². The summed E-state index contributed by atoms with van der Waals surface area (Å²) in [6.45, 7) is 1.81. The van der Waals surface area contributed by atoms with Crippen LogP contribution in [0.5, 0.6) is 0 Å². The Bertz CT molecular complexity index is 462.